The summed E-state index contributed by atoms with van der Waals surface area (Å²) < 4.78 is 1.80. The number of hydrogen-bond donors (Lipinski definition) is 1. The molecule has 146 valence electrons. The van der Waals surface area contributed by atoms with Crippen molar-refractivity contribution in [2.75, 3.05) is 24.6 Å². The largest absolute Gasteiger partial charge is 0.336 e. The zero-order valence-corrected chi connectivity index (χ0v) is 17.6. The molecule has 1 aliphatic heterocycles. The molecule has 1 amide bonds. The first-order valence-corrected chi connectivity index (χ1v) is 10.8. The Morgan fingerprint density at radius 3 is 2.68 bits per heavy atom. The zero-order valence-electron chi connectivity index (χ0n) is 15.3. The molecule has 3 heterocycles. The van der Waals surface area contributed by atoms with Gasteiger partial charge in [0.2, 0.25) is 5.78 Å². The molecule has 0 saturated carbocycles. The Morgan fingerprint density at radius 2 is 2.00 bits per heavy atom. The number of amides is 1. The summed E-state index contributed by atoms with van der Waals surface area (Å²) in [5.41, 5.74) is 9.56. The topological polar surface area (TPSA) is 76.5 Å². The van der Waals surface area contributed by atoms with Crippen LogP contribution in [0, 0.1) is 6.92 Å². The van der Waals surface area contributed by atoms with Gasteiger partial charge in [-0.25, -0.2) is 9.97 Å². The van der Waals surface area contributed by atoms with Crippen molar-refractivity contribution in [2.24, 2.45) is 5.73 Å². The fourth-order valence-corrected chi connectivity index (χ4v) is 4.80. The van der Waals surface area contributed by atoms with Crippen LogP contribution < -0.4 is 5.73 Å². The number of nitrogens with zero attached hydrogens (tertiary/aromatic N) is 4. The average Bonchev–Trinajstić information content (AvgIpc) is 3.11. The van der Waals surface area contributed by atoms with Gasteiger partial charge in [-0.3, -0.25) is 9.20 Å². The van der Waals surface area contributed by atoms with Crippen LogP contribution in [0.5, 0.6) is 0 Å². The van der Waals surface area contributed by atoms with Gasteiger partial charge < -0.3 is 10.6 Å². The van der Waals surface area contributed by atoms with Crippen molar-refractivity contribution in [3.8, 4) is 11.3 Å². The lowest BCUT2D eigenvalue weighted by Crippen LogP contribution is -2.38. The summed E-state index contributed by atoms with van der Waals surface area (Å²) in [6.07, 6.45) is 1.73. The molecule has 0 radical (unpaired) electrons. The molecule has 1 saturated heterocycles. The molecule has 0 atom stereocenters. The first kappa shape index (κ1) is 19.5. The van der Waals surface area contributed by atoms with Crippen molar-refractivity contribution in [2.45, 2.75) is 13.5 Å². The average molecular weight is 436 g/mol. The van der Waals surface area contributed by atoms with Crippen LogP contribution in [0.15, 0.2) is 24.4 Å². The maximum Gasteiger partial charge on any atom is 0.274 e. The number of hydrogen-bond acceptors (Lipinski definition) is 5. The first-order chi connectivity index (χ1) is 13.5. The Hall–Kier alpha value is -1.80. The van der Waals surface area contributed by atoms with Gasteiger partial charge in [0.05, 0.1) is 10.7 Å². The minimum Gasteiger partial charge on any atom is -0.336 e. The van der Waals surface area contributed by atoms with Crippen LogP contribution in [0.3, 0.4) is 0 Å². The second-order valence-electron chi connectivity index (χ2n) is 6.55. The molecule has 9 heteroatoms. The smallest absolute Gasteiger partial charge is 0.274 e. The minimum absolute atomic E-state index is 0.0779. The number of carbonyl (C=O) groups is 1. The van der Waals surface area contributed by atoms with E-state index in [2.05, 4.69) is 9.97 Å². The van der Waals surface area contributed by atoms with Gasteiger partial charge in [-0.05, 0) is 25.1 Å². The normalized spacial score (nSPS) is 14.6. The van der Waals surface area contributed by atoms with Crippen molar-refractivity contribution in [1.82, 2.24) is 19.3 Å². The van der Waals surface area contributed by atoms with E-state index in [1.54, 1.807) is 22.7 Å². The Morgan fingerprint density at radius 1 is 1.25 bits per heavy atom. The Labute approximate surface area is 177 Å². The molecule has 28 heavy (non-hydrogen) atoms. The Balaban J connectivity index is 1.89. The number of imidazole rings is 1. The summed E-state index contributed by atoms with van der Waals surface area (Å²) in [6, 6.07) is 5.31. The third-order valence-electron chi connectivity index (χ3n) is 4.83. The summed E-state index contributed by atoms with van der Waals surface area (Å²) in [6.45, 7) is 3.63. The lowest BCUT2D eigenvalue weighted by Gasteiger charge is -2.25. The van der Waals surface area contributed by atoms with E-state index in [1.807, 2.05) is 29.7 Å². The predicted molar refractivity (Wildman–Crippen MR) is 114 cm³/mol. The van der Waals surface area contributed by atoms with Crippen LogP contribution in [0.25, 0.3) is 17.0 Å². The number of thioether (sulfide) groups is 1. The second kappa shape index (κ2) is 7.91. The zero-order chi connectivity index (χ0) is 19.8. The Bertz CT molecular complexity index is 1060. The van der Waals surface area contributed by atoms with Crippen LogP contribution in [-0.4, -0.2) is 49.8 Å². The van der Waals surface area contributed by atoms with Gasteiger partial charge in [-0.15, -0.1) is 0 Å². The SMILES string of the molecule is Cc1nc2nc(C(=O)N3CCSCC3)cn2c(-c2ccc(Cl)cc2Cl)c1CN. The highest BCUT2D eigenvalue weighted by atomic mass is 35.5. The third-order valence-corrected chi connectivity index (χ3v) is 6.32. The fraction of sp³-hybridized carbons (Fsp3) is 0.316. The van der Waals surface area contributed by atoms with Gasteiger partial charge in [0.25, 0.3) is 5.91 Å². The number of fused-ring (bicyclic) bond motifs is 1. The number of nitrogens with two attached hydrogens (primary N) is 1. The highest BCUT2D eigenvalue weighted by Crippen LogP contribution is 2.34. The lowest BCUT2D eigenvalue weighted by atomic mass is 10.0. The monoisotopic (exact) mass is 435 g/mol. The summed E-state index contributed by atoms with van der Waals surface area (Å²) in [5, 5.41) is 1.05. The number of rotatable bonds is 3. The molecule has 0 spiro atoms. The summed E-state index contributed by atoms with van der Waals surface area (Å²) >= 11 is 14.4. The molecule has 1 fully saturated rings. The van der Waals surface area contributed by atoms with E-state index < -0.39 is 0 Å². The third kappa shape index (κ3) is 3.48. The van der Waals surface area contributed by atoms with E-state index in [0.717, 1.165) is 47.1 Å². The Kier molecular flexibility index (Phi) is 5.51. The summed E-state index contributed by atoms with van der Waals surface area (Å²) in [7, 11) is 0. The van der Waals surface area contributed by atoms with Crippen molar-refractivity contribution < 1.29 is 4.79 Å². The minimum atomic E-state index is -0.0779. The molecule has 4 rings (SSSR count). The first-order valence-electron chi connectivity index (χ1n) is 8.90. The predicted octanol–water partition coefficient (Wildman–Crippen LogP) is 3.66. The molecule has 1 aromatic carbocycles. The molecule has 3 aromatic rings. The maximum atomic E-state index is 12.9. The molecule has 0 aliphatic carbocycles. The van der Waals surface area contributed by atoms with Crippen molar-refractivity contribution in [3.63, 3.8) is 0 Å². The summed E-state index contributed by atoms with van der Waals surface area (Å²) in [5.74, 6) is 2.26. The number of carbonyl (C=O) groups excluding carboxylic acids is 1. The van der Waals surface area contributed by atoms with E-state index in [1.165, 1.54) is 0 Å². The van der Waals surface area contributed by atoms with E-state index >= 15 is 0 Å². The summed E-state index contributed by atoms with van der Waals surface area (Å²) in [4.78, 5) is 23.8. The van der Waals surface area contributed by atoms with Crippen LogP contribution in [0.1, 0.15) is 21.7 Å². The number of halogens is 2. The highest BCUT2D eigenvalue weighted by molar-refractivity contribution is 7.99. The van der Waals surface area contributed by atoms with E-state index in [4.69, 9.17) is 28.9 Å². The van der Waals surface area contributed by atoms with Gasteiger partial charge in [0.1, 0.15) is 5.69 Å². The molecule has 1 aliphatic rings. The number of benzene rings is 1. The van der Waals surface area contributed by atoms with Gasteiger partial charge in [-0.1, -0.05) is 23.2 Å². The molecular weight excluding hydrogens is 417 g/mol. The molecule has 2 N–H and O–H groups in total. The van der Waals surface area contributed by atoms with E-state index in [9.17, 15) is 4.79 Å². The second-order valence-corrected chi connectivity index (χ2v) is 8.62. The van der Waals surface area contributed by atoms with Gasteiger partial charge in [0, 0.05) is 59.2 Å². The van der Waals surface area contributed by atoms with Crippen molar-refractivity contribution >= 4 is 46.6 Å². The van der Waals surface area contributed by atoms with Crippen LogP contribution in [0.4, 0.5) is 0 Å². The molecule has 6 nitrogen and oxygen atoms in total. The van der Waals surface area contributed by atoms with Gasteiger partial charge in [0.15, 0.2) is 0 Å². The van der Waals surface area contributed by atoms with Crippen molar-refractivity contribution in [3.05, 3.63) is 51.4 Å². The molecule has 0 unspecified atom stereocenters. The number of aryl methyl sites for hydroxylation is 1. The lowest BCUT2D eigenvalue weighted by molar-refractivity contribution is 0.0767. The van der Waals surface area contributed by atoms with E-state index in [0.29, 0.717) is 21.5 Å². The standard InChI is InChI=1S/C19H19Cl2N5OS/c1-11-14(9-22)17(13-3-2-12(20)8-15(13)21)26-10-16(24-19(26)23-11)18(27)25-4-6-28-7-5-25/h2-3,8,10H,4-7,9,22H2,1H3. The van der Waals surface area contributed by atoms with E-state index in [-0.39, 0.29) is 12.5 Å². The molecular formula is C19H19Cl2N5OS. The number of aromatic nitrogens is 3. The van der Waals surface area contributed by atoms with Crippen LogP contribution in [0.2, 0.25) is 10.0 Å². The van der Waals surface area contributed by atoms with Crippen molar-refractivity contribution in [1.29, 1.82) is 0 Å². The van der Waals surface area contributed by atoms with Gasteiger partial charge in [-0.2, -0.15) is 11.8 Å². The van der Waals surface area contributed by atoms with Crippen LogP contribution >= 0.6 is 35.0 Å². The molecule has 2 aromatic heterocycles. The quantitative estimate of drug-likeness (QED) is 0.678. The fourth-order valence-electron chi connectivity index (χ4n) is 3.40. The highest BCUT2D eigenvalue weighted by Gasteiger charge is 2.24. The maximum absolute atomic E-state index is 12.9. The van der Waals surface area contributed by atoms with Crippen LogP contribution in [-0.2, 0) is 6.54 Å². The molecule has 0 bridgehead atoms. The van der Waals surface area contributed by atoms with Gasteiger partial charge >= 0.3 is 0 Å².